The summed E-state index contributed by atoms with van der Waals surface area (Å²) in [5.74, 6) is 1.39. The summed E-state index contributed by atoms with van der Waals surface area (Å²) in [7, 11) is 3.23. The second kappa shape index (κ2) is 8.61. The van der Waals surface area contributed by atoms with E-state index in [1.807, 2.05) is 30.3 Å². The van der Waals surface area contributed by atoms with Crippen molar-refractivity contribution in [1.29, 1.82) is 0 Å². The molecule has 1 aliphatic rings. The zero-order chi connectivity index (χ0) is 18.4. The predicted molar refractivity (Wildman–Crippen MR) is 104 cm³/mol. The zero-order valence-corrected chi connectivity index (χ0v) is 15.5. The van der Waals surface area contributed by atoms with E-state index in [1.165, 1.54) is 18.5 Å². The summed E-state index contributed by atoms with van der Waals surface area (Å²) in [5.41, 5.74) is 3.08. The summed E-state index contributed by atoms with van der Waals surface area (Å²) in [6.45, 7) is 2.19. The predicted octanol–water partition coefficient (Wildman–Crippen LogP) is 3.88. The van der Waals surface area contributed by atoms with E-state index >= 15 is 0 Å². The van der Waals surface area contributed by atoms with Crippen molar-refractivity contribution in [2.24, 2.45) is 0 Å². The van der Waals surface area contributed by atoms with Gasteiger partial charge in [0.1, 0.15) is 0 Å². The number of hydrogen-bond acceptors (Lipinski definition) is 4. The number of anilines is 2. The van der Waals surface area contributed by atoms with Gasteiger partial charge in [-0.1, -0.05) is 12.1 Å². The van der Waals surface area contributed by atoms with Crippen LogP contribution in [0, 0.1) is 0 Å². The van der Waals surface area contributed by atoms with Crippen molar-refractivity contribution in [3.05, 3.63) is 48.0 Å². The Morgan fingerprint density at radius 1 is 1.04 bits per heavy atom. The molecule has 0 unspecified atom stereocenters. The van der Waals surface area contributed by atoms with Gasteiger partial charge in [-0.2, -0.15) is 0 Å². The fourth-order valence-electron chi connectivity index (χ4n) is 3.27. The molecule has 1 heterocycles. The Morgan fingerprint density at radius 2 is 1.81 bits per heavy atom. The zero-order valence-electron chi connectivity index (χ0n) is 15.5. The molecule has 26 heavy (non-hydrogen) atoms. The van der Waals surface area contributed by atoms with Gasteiger partial charge in [-0.05, 0) is 55.2 Å². The molecular weight excluding hydrogens is 328 g/mol. The van der Waals surface area contributed by atoms with Gasteiger partial charge in [0.25, 0.3) is 0 Å². The van der Waals surface area contributed by atoms with Crippen LogP contribution in [0.15, 0.2) is 42.5 Å². The van der Waals surface area contributed by atoms with Crippen molar-refractivity contribution < 1.29 is 14.3 Å². The summed E-state index contributed by atoms with van der Waals surface area (Å²) >= 11 is 0. The van der Waals surface area contributed by atoms with Crippen molar-refractivity contribution in [2.75, 3.05) is 37.5 Å². The average molecular weight is 354 g/mol. The number of carbonyl (C=O) groups excluding carboxylic acids is 1. The molecule has 0 aromatic heterocycles. The third-order valence-electron chi connectivity index (χ3n) is 4.69. The van der Waals surface area contributed by atoms with Gasteiger partial charge in [-0.3, -0.25) is 4.79 Å². The second-order valence-electron chi connectivity index (χ2n) is 6.48. The van der Waals surface area contributed by atoms with Crippen molar-refractivity contribution in [1.82, 2.24) is 0 Å². The van der Waals surface area contributed by atoms with Crippen LogP contribution in [0.4, 0.5) is 11.4 Å². The SMILES string of the molecule is COc1ccc(CCC(=O)Nc2cccc(N3CCCC3)c2)cc1OC. The largest absolute Gasteiger partial charge is 0.493 e. The number of rotatable bonds is 7. The minimum Gasteiger partial charge on any atom is -0.493 e. The van der Waals surface area contributed by atoms with Gasteiger partial charge < -0.3 is 19.7 Å². The molecule has 1 aliphatic heterocycles. The van der Waals surface area contributed by atoms with E-state index < -0.39 is 0 Å². The van der Waals surface area contributed by atoms with E-state index in [-0.39, 0.29) is 5.91 Å². The van der Waals surface area contributed by atoms with E-state index in [1.54, 1.807) is 14.2 Å². The van der Waals surface area contributed by atoms with Crippen molar-refractivity contribution in [3.63, 3.8) is 0 Å². The Bertz CT molecular complexity index is 755. The Kier molecular flexibility index (Phi) is 6.00. The first-order valence-corrected chi connectivity index (χ1v) is 9.05. The summed E-state index contributed by atoms with van der Waals surface area (Å²) in [5, 5.41) is 3.01. The molecule has 2 aromatic carbocycles. The molecule has 1 N–H and O–H groups in total. The monoisotopic (exact) mass is 354 g/mol. The average Bonchev–Trinajstić information content (AvgIpc) is 3.21. The molecule has 138 valence electrons. The molecule has 1 amide bonds. The molecule has 0 radical (unpaired) electrons. The highest BCUT2D eigenvalue weighted by atomic mass is 16.5. The lowest BCUT2D eigenvalue weighted by Gasteiger charge is -2.18. The molecule has 5 heteroatoms. The van der Waals surface area contributed by atoms with E-state index in [0.717, 1.165) is 24.3 Å². The standard InChI is InChI=1S/C21H26N2O3/c1-25-19-10-8-16(14-20(19)26-2)9-11-21(24)22-17-6-5-7-18(15-17)23-12-3-4-13-23/h5-8,10,14-15H,3-4,9,11-13H2,1-2H3,(H,22,24). The smallest absolute Gasteiger partial charge is 0.224 e. The number of nitrogens with one attached hydrogen (secondary N) is 1. The van der Waals surface area contributed by atoms with Gasteiger partial charge in [0.15, 0.2) is 11.5 Å². The summed E-state index contributed by atoms with van der Waals surface area (Å²) < 4.78 is 10.6. The highest BCUT2D eigenvalue weighted by Gasteiger charge is 2.13. The van der Waals surface area contributed by atoms with Gasteiger partial charge >= 0.3 is 0 Å². The van der Waals surface area contributed by atoms with Crippen molar-refractivity contribution in [2.45, 2.75) is 25.7 Å². The molecule has 0 bridgehead atoms. The first kappa shape index (κ1) is 18.1. The van der Waals surface area contributed by atoms with Crippen LogP contribution in [-0.2, 0) is 11.2 Å². The molecule has 2 aromatic rings. The number of nitrogens with zero attached hydrogens (tertiary/aromatic N) is 1. The van der Waals surface area contributed by atoms with Crippen LogP contribution in [0.5, 0.6) is 11.5 Å². The molecule has 1 fully saturated rings. The van der Waals surface area contributed by atoms with E-state index in [4.69, 9.17) is 9.47 Å². The van der Waals surface area contributed by atoms with Crippen LogP contribution < -0.4 is 19.7 Å². The number of carbonyl (C=O) groups is 1. The third-order valence-corrected chi connectivity index (χ3v) is 4.69. The van der Waals surface area contributed by atoms with Crippen LogP contribution in [-0.4, -0.2) is 33.2 Å². The molecule has 0 atom stereocenters. The maximum atomic E-state index is 12.3. The van der Waals surface area contributed by atoms with E-state index in [9.17, 15) is 4.79 Å². The molecule has 1 saturated heterocycles. The van der Waals surface area contributed by atoms with Gasteiger partial charge in [0.05, 0.1) is 14.2 Å². The minimum absolute atomic E-state index is 0.0124. The molecule has 0 saturated carbocycles. The number of benzene rings is 2. The van der Waals surface area contributed by atoms with Crippen molar-refractivity contribution >= 4 is 17.3 Å². The second-order valence-corrected chi connectivity index (χ2v) is 6.48. The first-order valence-electron chi connectivity index (χ1n) is 9.05. The maximum Gasteiger partial charge on any atom is 0.224 e. The highest BCUT2D eigenvalue weighted by Crippen LogP contribution is 2.28. The highest BCUT2D eigenvalue weighted by molar-refractivity contribution is 5.91. The fraction of sp³-hybridized carbons (Fsp3) is 0.381. The third kappa shape index (κ3) is 4.48. The summed E-state index contributed by atoms with van der Waals surface area (Å²) in [6, 6.07) is 13.8. The molecule has 3 rings (SSSR count). The van der Waals surface area contributed by atoms with Crippen molar-refractivity contribution in [3.8, 4) is 11.5 Å². The molecule has 0 aliphatic carbocycles. The Balaban J connectivity index is 1.56. The number of aryl methyl sites for hydroxylation is 1. The van der Waals surface area contributed by atoms with Crippen LogP contribution in [0.2, 0.25) is 0 Å². The lowest BCUT2D eigenvalue weighted by atomic mass is 10.1. The number of hydrogen-bond donors (Lipinski definition) is 1. The Morgan fingerprint density at radius 3 is 2.54 bits per heavy atom. The van der Waals surface area contributed by atoms with Gasteiger partial charge in [0, 0.05) is 30.9 Å². The molecular formula is C21H26N2O3. The molecule has 5 nitrogen and oxygen atoms in total. The number of methoxy groups -OCH3 is 2. The lowest BCUT2D eigenvalue weighted by molar-refractivity contribution is -0.116. The quantitative estimate of drug-likeness (QED) is 0.820. The minimum atomic E-state index is 0.0124. The Hall–Kier alpha value is -2.69. The normalized spacial score (nSPS) is 13.5. The van der Waals surface area contributed by atoms with Gasteiger partial charge in [0.2, 0.25) is 5.91 Å². The summed E-state index contributed by atoms with van der Waals surface area (Å²) in [6.07, 6.45) is 3.55. The maximum absolute atomic E-state index is 12.3. The first-order chi connectivity index (χ1) is 12.7. The van der Waals surface area contributed by atoms with Crippen LogP contribution in [0.3, 0.4) is 0 Å². The number of amides is 1. The van der Waals surface area contributed by atoms with Gasteiger partial charge in [-0.15, -0.1) is 0 Å². The van der Waals surface area contributed by atoms with E-state index in [2.05, 4.69) is 22.3 Å². The number of ether oxygens (including phenoxy) is 2. The van der Waals surface area contributed by atoms with Crippen LogP contribution in [0.1, 0.15) is 24.8 Å². The molecule has 0 spiro atoms. The van der Waals surface area contributed by atoms with E-state index in [0.29, 0.717) is 24.3 Å². The Labute approximate surface area is 154 Å². The van der Waals surface area contributed by atoms with Gasteiger partial charge in [-0.25, -0.2) is 0 Å². The fourth-order valence-corrected chi connectivity index (χ4v) is 3.27. The lowest BCUT2D eigenvalue weighted by Crippen LogP contribution is -2.18. The van der Waals surface area contributed by atoms with Crippen LogP contribution >= 0.6 is 0 Å². The van der Waals surface area contributed by atoms with Crippen LogP contribution in [0.25, 0.3) is 0 Å². The summed E-state index contributed by atoms with van der Waals surface area (Å²) in [4.78, 5) is 14.7. The topological polar surface area (TPSA) is 50.8 Å².